The normalized spacial score (nSPS) is 12.1. The van der Waals surface area contributed by atoms with Gasteiger partial charge in [0.15, 0.2) is 0 Å². The fourth-order valence-corrected chi connectivity index (χ4v) is 2.49. The third-order valence-electron chi connectivity index (χ3n) is 1.01. The van der Waals surface area contributed by atoms with Gasteiger partial charge in [0, 0.05) is 0 Å². The zero-order valence-electron chi connectivity index (χ0n) is 8.48. The maximum Gasteiger partial charge on any atom is 0.345 e. The number of hydrogen-bond donors (Lipinski definition) is 0. The van der Waals surface area contributed by atoms with E-state index in [9.17, 15) is 4.57 Å². The molecular formula is C8H16NO3P. The van der Waals surface area contributed by atoms with Crippen LogP contribution in [0.5, 0.6) is 0 Å². The minimum absolute atomic E-state index is 0.191. The molecule has 0 bridgehead atoms. The molecule has 13 heavy (non-hydrogen) atoms. The quantitative estimate of drug-likeness (QED) is 0.647. The van der Waals surface area contributed by atoms with Crippen LogP contribution in [-0.4, -0.2) is 18.4 Å². The molecule has 0 aliphatic rings. The van der Waals surface area contributed by atoms with Crippen LogP contribution in [0, 0.1) is 11.3 Å². The van der Waals surface area contributed by atoms with E-state index >= 15 is 0 Å². The Morgan fingerprint density at radius 2 is 1.62 bits per heavy atom. The lowest BCUT2D eigenvalue weighted by molar-refractivity contribution is 0.144. The van der Waals surface area contributed by atoms with Crippen molar-refractivity contribution < 1.29 is 13.6 Å². The first-order valence-electron chi connectivity index (χ1n) is 4.22. The lowest BCUT2D eigenvalue weighted by Crippen LogP contribution is -2.09. The van der Waals surface area contributed by atoms with Gasteiger partial charge >= 0.3 is 7.60 Å². The SMILES string of the molecule is CC(C)OP(=O)(CC#N)OC(C)C. The van der Waals surface area contributed by atoms with Crippen molar-refractivity contribution in [2.75, 3.05) is 6.16 Å². The zero-order chi connectivity index (χ0) is 10.5. The molecule has 0 heterocycles. The second-order valence-electron chi connectivity index (χ2n) is 3.24. The third-order valence-corrected chi connectivity index (χ3v) is 3.02. The van der Waals surface area contributed by atoms with Crippen molar-refractivity contribution in [2.45, 2.75) is 39.9 Å². The highest BCUT2D eigenvalue weighted by atomic mass is 31.2. The summed E-state index contributed by atoms with van der Waals surface area (Å²) in [5.74, 6) is 0. The van der Waals surface area contributed by atoms with Crippen molar-refractivity contribution >= 4 is 7.60 Å². The Balaban J connectivity index is 4.36. The van der Waals surface area contributed by atoms with Crippen LogP contribution in [0.2, 0.25) is 0 Å². The van der Waals surface area contributed by atoms with E-state index in [0.29, 0.717) is 0 Å². The molecule has 0 unspecified atom stereocenters. The first-order valence-corrected chi connectivity index (χ1v) is 5.95. The summed E-state index contributed by atoms with van der Waals surface area (Å²) in [7, 11) is -3.19. The summed E-state index contributed by atoms with van der Waals surface area (Å²) in [6, 6.07) is 1.81. The van der Waals surface area contributed by atoms with Crippen LogP contribution >= 0.6 is 7.60 Å². The molecule has 0 atom stereocenters. The van der Waals surface area contributed by atoms with Crippen LogP contribution in [0.25, 0.3) is 0 Å². The minimum Gasteiger partial charge on any atom is -0.305 e. The van der Waals surface area contributed by atoms with Crippen molar-refractivity contribution in [1.29, 1.82) is 5.26 Å². The van der Waals surface area contributed by atoms with E-state index in [1.165, 1.54) is 0 Å². The van der Waals surface area contributed by atoms with Gasteiger partial charge in [-0.2, -0.15) is 5.26 Å². The first-order chi connectivity index (χ1) is 5.89. The van der Waals surface area contributed by atoms with Gasteiger partial charge in [-0.05, 0) is 27.7 Å². The molecule has 0 aromatic heterocycles. The topological polar surface area (TPSA) is 59.3 Å². The Morgan fingerprint density at radius 1 is 1.23 bits per heavy atom. The van der Waals surface area contributed by atoms with Gasteiger partial charge in [0.25, 0.3) is 0 Å². The van der Waals surface area contributed by atoms with Crippen LogP contribution in [-0.2, 0) is 13.6 Å². The molecule has 76 valence electrons. The van der Waals surface area contributed by atoms with Crippen molar-refractivity contribution in [1.82, 2.24) is 0 Å². The summed E-state index contributed by atoms with van der Waals surface area (Å²) < 4.78 is 22.0. The molecule has 4 nitrogen and oxygen atoms in total. The summed E-state index contributed by atoms with van der Waals surface area (Å²) in [6.07, 6.45) is -0.584. The van der Waals surface area contributed by atoms with E-state index < -0.39 is 7.60 Å². The highest BCUT2D eigenvalue weighted by Gasteiger charge is 2.27. The number of rotatable bonds is 5. The van der Waals surface area contributed by atoms with Gasteiger partial charge in [-0.3, -0.25) is 4.57 Å². The second-order valence-corrected chi connectivity index (χ2v) is 5.20. The van der Waals surface area contributed by atoms with E-state index in [2.05, 4.69) is 0 Å². The lowest BCUT2D eigenvalue weighted by atomic mass is 10.5. The predicted molar refractivity (Wildman–Crippen MR) is 50.5 cm³/mol. The van der Waals surface area contributed by atoms with Crippen molar-refractivity contribution in [3.8, 4) is 6.07 Å². The molecule has 0 saturated carbocycles. The molecule has 0 aromatic rings. The molecule has 0 aliphatic carbocycles. The average molecular weight is 205 g/mol. The molecule has 0 rings (SSSR count). The molecule has 0 N–H and O–H groups in total. The number of nitriles is 1. The summed E-state index contributed by atoms with van der Waals surface area (Å²) in [6.45, 7) is 7.03. The van der Waals surface area contributed by atoms with Gasteiger partial charge in [-0.1, -0.05) is 0 Å². The molecule has 0 aromatic carbocycles. The van der Waals surface area contributed by atoms with E-state index in [1.807, 2.05) is 0 Å². The Kier molecular flexibility index (Phi) is 5.24. The van der Waals surface area contributed by atoms with Crippen molar-refractivity contribution in [3.63, 3.8) is 0 Å². The first kappa shape index (κ1) is 12.6. The van der Waals surface area contributed by atoms with Crippen LogP contribution in [0.3, 0.4) is 0 Å². The number of hydrogen-bond acceptors (Lipinski definition) is 4. The Hall–Kier alpha value is -0.360. The molecular weight excluding hydrogens is 189 g/mol. The smallest absolute Gasteiger partial charge is 0.305 e. The maximum absolute atomic E-state index is 11.8. The molecule has 0 radical (unpaired) electrons. The van der Waals surface area contributed by atoms with Crippen LogP contribution in [0.15, 0.2) is 0 Å². The van der Waals surface area contributed by atoms with E-state index in [4.69, 9.17) is 14.3 Å². The van der Waals surface area contributed by atoms with Crippen LogP contribution in [0.1, 0.15) is 27.7 Å². The highest BCUT2D eigenvalue weighted by Crippen LogP contribution is 2.49. The molecule has 0 amide bonds. The minimum atomic E-state index is -3.19. The fourth-order valence-electron chi connectivity index (χ4n) is 0.828. The van der Waals surface area contributed by atoms with Gasteiger partial charge in [-0.25, -0.2) is 0 Å². The van der Waals surface area contributed by atoms with Gasteiger partial charge in [0.05, 0.1) is 18.3 Å². The van der Waals surface area contributed by atoms with E-state index in [0.717, 1.165) is 0 Å². The summed E-state index contributed by atoms with van der Waals surface area (Å²) >= 11 is 0. The van der Waals surface area contributed by atoms with E-state index in [-0.39, 0.29) is 18.4 Å². The molecule has 0 aliphatic heterocycles. The molecule has 0 saturated heterocycles. The monoisotopic (exact) mass is 205 g/mol. The Morgan fingerprint density at radius 3 is 1.85 bits per heavy atom. The van der Waals surface area contributed by atoms with Crippen LogP contribution in [0.4, 0.5) is 0 Å². The van der Waals surface area contributed by atoms with Crippen molar-refractivity contribution in [3.05, 3.63) is 0 Å². The molecule has 0 spiro atoms. The standard InChI is InChI=1S/C8H16NO3P/c1-7(2)11-13(10,6-5-9)12-8(3)4/h7-8H,6H2,1-4H3. The molecule has 0 fully saturated rings. The Labute approximate surface area is 79.4 Å². The summed E-state index contributed by atoms with van der Waals surface area (Å²) in [4.78, 5) is 0. The maximum atomic E-state index is 11.8. The Bertz CT molecular complexity index is 218. The summed E-state index contributed by atoms with van der Waals surface area (Å²) in [5, 5.41) is 8.45. The highest BCUT2D eigenvalue weighted by molar-refractivity contribution is 7.54. The fraction of sp³-hybridized carbons (Fsp3) is 0.875. The van der Waals surface area contributed by atoms with Gasteiger partial charge in [0.1, 0.15) is 6.16 Å². The van der Waals surface area contributed by atoms with Gasteiger partial charge < -0.3 is 9.05 Å². The largest absolute Gasteiger partial charge is 0.345 e. The van der Waals surface area contributed by atoms with E-state index in [1.54, 1.807) is 33.8 Å². The predicted octanol–water partition coefficient (Wildman–Crippen LogP) is 2.55. The second kappa shape index (κ2) is 5.39. The number of nitrogens with zero attached hydrogens (tertiary/aromatic N) is 1. The van der Waals surface area contributed by atoms with Gasteiger partial charge in [-0.15, -0.1) is 0 Å². The van der Waals surface area contributed by atoms with Gasteiger partial charge in [0.2, 0.25) is 0 Å². The van der Waals surface area contributed by atoms with Crippen molar-refractivity contribution in [2.24, 2.45) is 0 Å². The summed E-state index contributed by atoms with van der Waals surface area (Å²) in [5.41, 5.74) is 0. The lowest BCUT2D eigenvalue weighted by Gasteiger charge is -2.20. The third kappa shape index (κ3) is 5.81. The molecule has 5 heteroatoms. The zero-order valence-corrected chi connectivity index (χ0v) is 9.38. The average Bonchev–Trinajstić information content (AvgIpc) is 1.81. The van der Waals surface area contributed by atoms with Crippen LogP contribution < -0.4 is 0 Å².